The van der Waals surface area contributed by atoms with Gasteiger partial charge in [0.2, 0.25) is 5.91 Å². The lowest BCUT2D eigenvalue weighted by atomic mass is 9.94. The first-order chi connectivity index (χ1) is 9.90. The number of rotatable bonds is 4. The van der Waals surface area contributed by atoms with Gasteiger partial charge < -0.3 is 10.0 Å². The van der Waals surface area contributed by atoms with E-state index in [1.165, 1.54) is 11.0 Å². The van der Waals surface area contributed by atoms with E-state index in [1.54, 1.807) is 25.2 Å². The van der Waals surface area contributed by atoms with Crippen molar-refractivity contribution in [1.82, 2.24) is 4.90 Å². The largest absolute Gasteiger partial charge is 0.481 e. The second-order valence-electron chi connectivity index (χ2n) is 5.91. The Bertz CT molecular complexity index is 546. The third-order valence-corrected chi connectivity index (χ3v) is 4.17. The summed E-state index contributed by atoms with van der Waals surface area (Å²) in [6.07, 6.45) is 1.11. The number of carboxylic acids is 1. The van der Waals surface area contributed by atoms with E-state index in [0.717, 1.165) is 0 Å². The minimum Gasteiger partial charge on any atom is -0.481 e. The highest BCUT2D eigenvalue weighted by Crippen LogP contribution is 2.37. The number of benzene rings is 1. The summed E-state index contributed by atoms with van der Waals surface area (Å²) >= 11 is 0. The molecule has 0 radical (unpaired) electrons. The zero-order chi connectivity index (χ0) is 15.6. The van der Waals surface area contributed by atoms with E-state index < -0.39 is 17.8 Å². The molecule has 1 aromatic rings. The number of halogens is 1. The van der Waals surface area contributed by atoms with Gasteiger partial charge in [-0.05, 0) is 24.8 Å². The van der Waals surface area contributed by atoms with Crippen LogP contribution in [0.25, 0.3) is 0 Å². The number of hydrogen-bond acceptors (Lipinski definition) is 2. The van der Waals surface area contributed by atoms with Gasteiger partial charge in [0, 0.05) is 19.2 Å². The van der Waals surface area contributed by atoms with Gasteiger partial charge in [-0.25, -0.2) is 4.39 Å². The van der Waals surface area contributed by atoms with Crippen LogP contribution >= 0.6 is 0 Å². The molecule has 0 heterocycles. The van der Waals surface area contributed by atoms with E-state index in [0.29, 0.717) is 18.4 Å². The highest BCUT2D eigenvalue weighted by Gasteiger charge is 2.42. The molecule has 1 aromatic carbocycles. The minimum atomic E-state index is -0.919. The Morgan fingerprint density at radius 1 is 1.29 bits per heavy atom. The summed E-state index contributed by atoms with van der Waals surface area (Å²) in [6.45, 7) is 2.11. The number of carbonyl (C=O) groups excluding carboxylic acids is 1. The molecule has 1 aliphatic carbocycles. The van der Waals surface area contributed by atoms with Gasteiger partial charge in [0.05, 0.1) is 11.8 Å². The van der Waals surface area contributed by atoms with Crippen molar-refractivity contribution in [3.05, 3.63) is 35.6 Å². The molecule has 1 amide bonds. The van der Waals surface area contributed by atoms with Gasteiger partial charge in [0.15, 0.2) is 0 Å². The van der Waals surface area contributed by atoms with Crippen molar-refractivity contribution in [1.29, 1.82) is 0 Å². The Balaban J connectivity index is 2.08. The normalized spacial score (nSPS) is 24.8. The minimum absolute atomic E-state index is 0.155. The summed E-state index contributed by atoms with van der Waals surface area (Å²) in [5, 5.41) is 9.24. The maximum atomic E-state index is 13.6. The Kier molecular flexibility index (Phi) is 4.60. The fourth-order valence-electron chi connectivity index (χ4n) is 3.08. The van der Waals surface area contributed by atoms with E-state index in [9.17, 15) is 19.1 Å². The Morgan fingerprint density at radius 3 is 2.52 bits per heavy atom. The van der Waals surface area contributed by atoms with Crippen LogP contribution in [0.2, 0.25) is 0 Å². The fraction of sp³-hybridized carbons (Fsp3) is 0.500. The summed E-state index contributed by atoms with van der Waals surface area (Å²) in [4.78, 5) is 25.2. The Hall–Kier alpha value is -1.91. The predicted octanol–water partition coefficient (Wildman–Crippen LogP) is 2.53. The first-order valence-corrected chi connectivity index (χ1v) is 7.11. The van der Waals surface area contributed by atoms with E-state index in [1.807, 2.05) is 6.92 Å². The van der Waals surface area contributed by atoms with Crippen molar-refractivity contribution < 1.29 is 19.1 Å². The first kappa shape index (κ1) is 15.5. The maximum Gasteiger partial charge on any atom is 0.307 e. The quantitative estimate of drug-likeness (QED) is 0.928. The number of carbonyl (C=O) groups is 2. The molecule has 1 fully saturated rings. The SMILES string of the molecule is CC1CC(C(=O)O)C(C(=O)N(C)Cc2ccccc2F)C1. The van der Waals surface area contributed by atoms with Gasteiger partial charge in [-0.3, -0.25) is 9.59 Å². The summed E-state index contributed by atoms with van der Waals surface area (Å²) in [5.74, 6) is -2.40. The molecule has 0 spiro atoms. The standard InChI is InChI=1S/C16H20FNO3/c1-10-7-12(13(8-10)16(20)21)15(19)18(2)9-11-5-3-4-6-14(11)17/h3-6,10,12-13H,7-9H2,1-2H3,(H,20,21). The van der Waals surface area contributed by atoms with Crippen molar-refractivity contribution in [3.63, 3.8) is 0 Å². The number of amides is 1. The van der Waals surface area contributed by atoms with Crippen LogP contribution < -0.4 is 0 Å². The number of nitrogens with zero attached hydrogens (tertiary/aromatic N) is 1. The number of hydrogen-bond donors (Lipinski definition) is 1. The molecule has 1 aliphatic rings. The van der Waals surface area contributed by atoms with E-state index in [-0.39, 0.29) is 24.2 Å². The van der Waals surface area contributed by atoms with Crippen molar-refractivity contribution in [2.75, 3.05) is 7.05 Å². The summed E-state index contributed by atoms with van der Waals surface area (Å²) in [5.41, 5.74) is 0.436. The highest BCUT2D eigenvalue weighted by atomic mass is 19.1. The second-order valence-corrected chi connectivity index (χ2v) is 5.91. The van der Waals surface area contributed by atoms with E-state index in [4.69, 9.17) is 0 Å². The number of carboxylic acid groups (broad SMARTS) is 1. The van der Waals surface area contributed by atoms with Gasteiger partial charge in [-0.2, -0.15) is 0 Å². The molecule has 0 saturated heterocycles. The van der Waals surface area contributed by atoms with Crippen LogP contribution in [0.5, 0.6) is 0 Å². The van der Waals surface area contributed by atoms with E-state index >= 15 is 0 Å². The zero-order valence-electron chi connectivity index (χ0n) is 12.3. The fourth-order valence-corrected chi connectivity index (χ4v) is 3.08. The summed E-state index contributed by atoms with van der Waals surface area (Å²) in [6, 6.07) is 6.30. The third kappa shape index (κ3) is 3.40. The molecule has 0 aliphatic heterocycles. The predicted molar refractivity (Wildman–Crippen MR) is 75.9 cm³/mol. The van der Waals surface area contributed by atoms with Gasteiger partial charge in [0.25, 0.3) is 0 Å². The van der Waals surface area contributed by atoms with Crippen LogP contribution in [0.1, 0.15) is 25.3 Å². The molecule has 4 nitrogen and oxygen atoms in total. The maximum absolute atomic E-state index is 13.6. The molecule has 21 heavy (non-hydrogen) atoms. The molecule has 1 N–H and O–H groups in total. The van der Waals surface area contributed by atoms with E-state index in [2.05, 4.69) is 0 Å². The van der Waals surface area contributed by atoms with Crippen molar-refractivity contribution >= 4 is 11.9 Å². The third-order valence-electron chi connectivity index (χ3n) is 4.17. The van der Waals surface area contributed by atoms with Crippen molar-refractivity contribution in [2.45, 2.75) is 26.3 Å². The topological polar surface area (TPSA) is 57.6 Å². The Morgan fingerprint density at radius 2 is 1.90 bits per heavy atom. The summed E-state index contributed by atoms with van der Waals surface area (Å²) < 4.78 is 13.6. The molecule has 3 atom stereocenters. The van der Waals surface area contributed by atoms with Gasteiger partial charge in [0.1, 0.15) is 5.82 Å². The number of aliphatic carboxylic acids is 1. The molecule has 2 rings (SSSR count). The van der Waals surface area contributed by atoms with Crippen LogP contribution in [0.3, 0.4) is 0 Å². The molecule has 0 aromatic heterocycles. The molecular formula is C16H20FNO3. The van der Waals surface area contributed by atoms with Gasteiger partial charge in [-0.1, -0.05) is 25.1 Å². The molecular weight excluding hydrogens is 273 g/mol. The highest BCUT2D eigenvalue weighted by molar-refractivity contribution is 5.85. The van der Waals surface area contributed by atoms with Crippen LogP contribution in [-0.4, -0.2) is 28.9 Å². The molecule has 5 heteroatoms. The van der Waals surface area contributed by atoms with Crippen molar-refractivity contribution in [2.24, 2.45) is 17.8 Å². The molecule has 0 bridgehead atoms. The lowest BCUT2D eigenvalue weighted by Crippen LogP contribution is -2.36. The Labute approximate surface area is 123 Å². The molecule has 114 valence electrons. The molecule has 3 unspecified atom stereocenters. The lowest BCUT2D eigenvalue weighted by Gasteiger charge is -2.23. The van der Waals surface area contributed by atoms with Crippen LogP contribution in [-0.2, 0) is 16.1 Å². The first-order valence-electron chi connectivity index (χ1n) is 7.11. The summed E-state index contributed by atoms with van der Waals surface area (Å²) in [7, 11) is 1.59. The second kappa shape index (κ2) is 6.24. The van der Waals surface area contributed by atoms with Crippen LogP contribution in [0, 0.1) is 23.6 Å². The average Bonchev–Trinajstić information content (AvgIpc) is 2.82. The van der Waals surface area contributed by atoms with Gasteiger partial charge >= 0.3 is 5.97 Å². The van der Waals surface area contributed by atoms with Crippen molar-refractivity contribution in [3.8, 4) is 0 Å². The lowest BCUT2D eigenvalue weighted by molar-refractivity contribution is -0.148. The smallest absolute Gasteiger partial charge is 0.307 e. The zero-order valence-corrected chi connectivity index (χ0v) is 12.3. The van der Waals surface area contributed by atoms with Crippen LogP contribution in [0.4, 0.5) is 4.39 Å². The monoisotopic (exact) mass is 293 g/mol. The average molecular weight is 293 g/mol. The molecule has 1 saturated carbocycles. The van der Waals surface area contributed by atoms with Crippen LogP contribution in [0.15, 0.2) is 24.3 Å². The van der Waals surface area contributed by atoms with Gasteiger partial charge in [-0.15, -0.1) is 0 Å².